The third-order valence-electron chi connectivity index (χ3n) is 20.3. The maximum absolute atomic E-state index is 13.2. The monoisotopic (exact) mass is 1570 g/mol. The van der Waals surface area contributed by atoms with Gasteiger partial charge in [-0.1, -0.05) is 400 Å². The summed E-state index contributed by atoms with van der Waals surface area (Å²) in [6.07, 6.45) is 75.9. The largest absolute Gasteiger partial charge is 0.472 e. The molecule has 0 fully saturated rings. The first kappa shape index (κ1) is 106. The number of carbonyl (C=O) groups excluding carboxylic acids is 4. The molecule has 0 amide bonds. The number of aliphatic hydroxyl groups excluding tert-OH is 1. The molecule has 0 aromatic heterocycles. The molecule has 0 saturated carbocycles. The standard InChI is InChI=1S/C89H170O17P2/c1-7-9-11-13-15-17-19-21-23-24-25-26-27-28-29-35-39-43-49-56-62-68-74-89(94)105-84(77-99-86(91)71-65-59-53-47-41-37-34-31-30-33-36-40-45-51-57-63-69-81(3)4)79-103-107(95,96)101-75-83(90)76-102-108(97,98)104-80-85(78-100-87(92)72-66-60-54-50-44-46-52-58-64-70-82(5)6)106-88(93)73-67-61-55-48-42-38-32-22-20-18-16-14-12-10-8-2/h18,20,22,32,81-85,90H,7-17,19,21,23-31,33-80H2,1-6H3,(H,95,96)(H,97,98)/b20-18-,32-22-/t83-,84-,85-/m1/s1. The second kappa shape index (κ2) is 79.8. The molecule has 0 saturated heterocycles. The van der Waals surface area contributed by atoms with Crippen molar-refractivity contribution in [2.24, 2.45) is 11.8 Å². The molecule has 17 nitrogen and oxygen atoms in total. The van der Waals surface area contributed by atoms with Crippen LogP contribution in [0.4, 0.5) is 0 Å². The van der Waals surface area contributed by atoms with Crippen molar-refractivity contribution in [2.45, 2.75) is 471 Å². The fourth-order valence-corrected chi connectivity index (χ4v) is 15.0. The van der Waals surface area contributed by atoms with Gasteiger partial charge in [-0.05, 0) is 63.2 Å². The Balaban J connectivity index is 5.27. The number of allylic oxidation sites excluding steroid dienone is 4. The van der Waals surface area contributed by atoms with Gasteiger partial charge in [0, 0.05) is 25.7 Å². The van der Waals surface area contributed by atoms with Gasteiger partial charge in [0.25, 0.3) is 0 Å². The van der Waals surface area contributed by atoms with E-state index < -0.39 is 97.5 Å². The van der Waals surface area contributed by atoms with Gasteiger partial charge in [0.1, 0.15) is 19.3 Å². The topological polar surface area (TPSA) is 237 Å². The Bertz CT molecular complexity index is 2160. The molecule has 108 heavy (non-hydrogen) atoms. The lowest BCUT2D eigenvalue weighted by Crippen LogP contribution is -2.30. The van der Waals surface area contributed by atoms with Gasteiger partial charge in [0.05, 0.1) is 26.4 Å². The summed E-state index contributed by atoms with van der Waals surface area (Å²) in [6, 6.07) is 0. The number of unbranched alkanes of at least 4 members (excludes halogenated alkanes) is 53. The van der Waals surface area contributed by atoms with E-state index in [0.717, 1.165) is 115 Å². The highest BCUT2D eigenvalue weighted by Crippen LogP contribution is 2.45. The van der Waals surface area contributed by atoms with E-state index in [1.807, 2.05) is 0 Å². The Labute approximate surface area is 663 Å². The minimum atomic E-state index is -4.97. The highest BCUT2D eigenvalue weighted by atomic mass is 31.2. The third-order valence-corrected chi connectivity index (χ3v) is 22.2. The minimum absolute atomic E-state index is 0.0850. The van der Waals surface area contributed by atoms with Crippen molar-refractivity contribution in [1.82, 2.24) is 0 Å². The van der Waals surface area contributed by atoms with E-state index in [1.165, 1.54) is 257 Å². The molecule has 0 spiro atoms. The first-order chi connectivity index (χ1) is 52.4. The molecule has 0 aliphatic carbocycles. The van der Waals surface area contributed by atoms with Gasteiger partial charge in [0.15, 0.2) is 12.2 Å². The van der Waals surface area contributed by atoms with E-state index >= 15 is 0 Å². The van der Waals surface area contributed by atoms with Gasteiger partial charge in [-0.3, -0.25) is 37.3 Å². The lowest BCUT2D eigenvalue weighted by Gasteiger charge is -2.21. The normalized spacial score (nSPS) is 13.9. The summed E-state index contributed by atoms with van der Waals surface area (Å²) in [5.74, 6) is -0.578. The summed E-state index contributed by atoms with van der Waals surface area (Å²) in [6.45, 7) is 9.63. The molecule has 0 aliphatic heterocycles. The van der Waals surface area contributed by atoms with Crippen molar-refractivity contribution in [2.75, 3.05) is 39.6 Å². The van der Waals surface area contributed by atoms with Crippen LogP contribution in [0.25, 0.3) is 0 Å². The lowest BCUT2D eigenvalue weighted by atomic mass is 10.0. The number of hydrogen-bond donors (Lipinski definition) is 3. The van der Waals surface area contributed by atoms with E-state index in [9.17, 15) is 43.2 Å². The number of phosphoric ester groups is 2. The van der Waals surface area contributed by atoms with Crippen LogP contribution in [0.2, 0.25) is 0 Å². The number of ether oxygens (including phenoxy) is 4. The molecular weight excluding hydrogens is 1400 g/mol. The molecule has 0 aromatic rings. The zero-order valence-electron chi connectivity index (χ0n) is 70.6. The van der Waals surface area contributed by atoms with Crippen molar-refractivity contribution in [3.05, 3.63) is 24.3 Å². The van der Waals surface area contributed by atoms with Crippen LogP contribution in [0.3, 0.4) is 0 Å². The van der Waals surface area contributed by atoms with Crippen LogP contribution in [-0.4, -0.2) is 96.7 Å². The SMILES string of the molecule is CCCCCC/C=C\C=C/CCCCCCCC(=O)O[C@H](COC(=O)CCCCCCCCCCCC(C)C)COP(=O)(O)OC[C@H](O)COP(=O)(O)OC[C@@H](COC(=O)CCCCCCCCCCCCCCCCCCC(C)C)OC(=O)CCCCCCCCCCCCCCCCCCCCCCCC. The Kier molecular flexibility index (Phi) is 77.9. The number of rotatable bonds is 86. The van der Waals surface area contributed by atoms with Crippen LogP contribution in [-0.2, 0) is 65.4 Å². The van der Waals surface area contributed by atoms with Crippen LogP contribution in [0.5, 0.6) is 0 Å². The second-order valence-corrected chi connectivity index (χ2v) is 35.2. The van der Waals surface area contributed by atoms with Crippen molar-refractivity contribution >= 4 is 39.5 Å². The Morgan fingerprint density at radius 2 is 0.500 bits per heavy atom. The van der Waals surface area contributed by atoms with Gasteiger partial charge >= 0.3 is 39.5 Å². The van der Waals surface area contributed by atoms with Crippen molar-refractivity contribution < 1.29 is 80.2 Å². The number of phosphoric acid groups is 2. The van der Waals surface area contributed by atoms with Crippen LogP contribution in [0.1, 0.15) is 452 Å². The van der Waals surface area contributed by atoms with E-state index in [1.54, 1.807) is 0 Å². The molecule has 19 heteroatoms. The molecule has 0 heterocycles. The number of esters is 4. The van der Waals surface area contributed by atoms with Crippen molar-refractivity contribution in [1.29, 1.82) is 0 Å². The lowest BCUT2D eigenvalue weighted by molar-refractivity contribution is -0.161. The van der Waals surface area contributed by atoms with E-state index in [0.29, 0.717) is 25.7 Å². The van der Waals surface area contributed by atoms with Gasteiger partial charge in [-0.15, -0.1) is 0 Å². The van der Waals surface area contributed by atoms with E-state index in [2.05, 4.69) is 65.8 Å². The zero-order valence-corrected chi connectivity index (χ0v) is 72.4. The third kappa shape index (κ3) is 81.6. The molecular formula is C89H170O17P2. The van der Waals surface area contributed by atoms with Gasteiger partial charge < -0.3 is 33.8 Å². The average molecular weight is 1570 g/mol. The molecule has 0 bridgehead atoms. The first-order valence-corrected chi connectivity index (χ1v) is 48.3. The first-order valence-electron chi connectivity index (χ1n) is 45.3. The summed E-state index contributed by atoms with van der Waals surface area (Å²) < 4.78 is 68.9. The zero-order chi connectivity index (χ0) is 79.2. The molecule has 0 aliphatic rings. The van der Waals surface area contributed by atoms with E-state index in [4.69, 9.17) is 37.0 Å². The summed E-state index contributed by atoms with van der Waals surface area (Å²) in [5.41, 5.74) is 0. The summed E-state index contributed by atoms with van der Waals surface area (Å²) in [5, 5.41) is 10.7. The van der Waals surface area contributed by atoms with Crippen LogP contribution < -0.4 is 0 Å². The maximum atomic E-state index is 13.2. The number of hydrogen-bond acceptors (Lipinski definition) is 15. The highest BCUT2D eigenvalue weighted by molar-refractivity contribution is 7.47. The molecule has 0 aromatic carbocycles. The minimum Gasteiger partial charge on any atom is -0.462 e. The van der Waals surface area contributed by atoms with Crippen LogP contribution >= 0.6 is 15.6 Å². The quantitative estimate of drug-likeness (QED) is 0.0169. The average Bonchev–Trinajstić information content (AvgIpc) is 0.898. The van der Waals surface area contributed by atoms with Gasteiger partial charge in [-0.25, -0.2) is 9.13 Å². The summed E-state index contributed by atoms with van der Waals surface area (Å²) in [7, 11) is -9.95. The Hall–Kier alpha value is -2.46. The summed E-state index contributed by atoms with van der Waals surface area (Å²) in [4.78, 5) is 73.3. The van der Waals surface area contributed by atoms with E-state index in [-0.39, 0.29) is 25.7 Å². The molecule has 0 rings (SSSR count). The van der Waals surface area contributed by atoms with Crippen LogP contribution in [0.15, 0.2) is 24.3 Å². The predicted octanol–water partition coefficient (Wildman–Crippen LogP) is 27.0. The Morgan fingerprint density at radius 3 is 0.759 bits per heavy atom. The van der Waals surface area contributed by atoms with Crippen molar-refractivity contribution in [3.8, 4) is 0 Å². The van der Waals surface area contributed by atoms with Crippen molar-refractivity contribution in [3.63, 3.8) is 0 Å². The fraction of sp³-hybridized carbons (Fsp3) is 0.910. The fourth-order valence-electron chi connectivity index (χ4n) is 13.4. The second-order valence-electron chi connectivity index (χ2n) is 32.3. The maximum Gasteiger partial charge on any atom is 0.472 e. The predicted molar refractivity (Wildman–Crippen MR) is 446 cm³/mol. The molecule has 0 radical (unpaired) electrons. The van der Waals surface area contributed by atoms with Crippen LogP contribution in [0, 0.1) is 11.8 Å². The van der Waals surface area contributed by atoms with Gasteiger partial charge in [0.2, 0.25) is 0 Å². The molecule has 3 N–H and O–H groups in total. The molecule has 638 valence electrons. The number of carbonyl (C=O) groups is 4. The highest BCUT2D eigenvalue weighted by Gasteiger charge is 2.30. The van der Waals surface area contributed by atoms with Gasteiger partial charge in [-0.2, -0.15) is 0 Å². The molecule has 5 atom stereocenters. The summed E-state index contributed by atoms with van der Waals surface area (Å²) >= 11 is 0. The smallest absolute Gasteiger partial charge is 0.462 e. The molecule has 2 unspecified atom stereocenters. The number of aliphatic hydroxyl groups is 1. The Morgan fingerprint density at radius 1 is 0.287 bits per heavy atom.